The standard InChI is InChI=1S/C15H15NO4/c1-16-6-2-7-18-15-13-11(5-8-19-13)9-10-3-4-12(17)20-14(10)15/h3-5,8-9,16H,2,6-7H2,1H3. The third-order valence-electron chi connectivity index (χ3n) is 3.10. The quantitative estimate of drug-likeness (QED) is 0.571. The third-order valence-corrected chi connectivity index (χ3v) is 3.10. The van der Waals surface area contributed by atoms with Gasteiger partial charge in [0.1, 0.15) is 0 Å². The second-order valence-electron chi connectivity index (χ2n) is 4.52. The summed E-state index contributed by atoms with van der Waals surface area (Å²) in [4.78, 5) is 11.4. The summed E-state index contributed by atoms with van der Waals surface area (Å²) in [6.07, 6.45) is 2.45. The van der Waals surface area contributed by atoms with E-state index in [9.17, 15) is 4.79 Å². The molecule has 104 valence electrons. The van der Waals surface area contributed by atoms with Gasteiger partial charge in [0.25, 0.3) is 0 Å². The van der Waals surface area contributed by atoms with E-state index in [1.807, 2.05) is 19.2 Å². The van der Waals surface area contributed by atoms with Gasteiger partial charge >= 0.3 is 5.63 Å². The van der Waals surface area contributed by atoms with Crippen molar-refractivity contribution < 1.29 is 13.6 Å². The summed E-state index contributed by atoms with van der Waals surface area (Å²) < 4.78 is 16.5. The zero-order valence-electron chi connectivity index (χ0n) is 11.1. The van der Waals surface area contributed by atoms with Gasteiger partial charge in [-0.15, -0.1) is 0 Å². The fraction of sp³-hybridized carbons (Fsp3) is 0.267. The molecule has 0 fully saturated rings. The molecule has 1 N–H and O–H groups in total. The topological polar surface area (TPSA) is 64.6 Å². The van der Waals surface area contributed by atoms with E-state index in [-0.39, 0.29) is 0 Å². The molecule has 0 spiro atoms. The van der Waals surface area contributed by atoms with Crippen molar-refractivity contribution in [3.8, 4) is 5.75 Å². The van der Waals surface area contributed by atoms with Crippen LogP contribution < -0.4 is 15.7 Å². The van der Waals surface area contributed by atoms with Crippen LogP contribution in [0.4, 0.5) is 0 Å². The molecule has 0 aliphatic carbocycles. The monoisotopic (exact) mass is 273 g/mol. The Morgan fingerprint density at radius 1 is 1.20 bits per heavy atom. The lowest BCUT2D eigenvalue weighted by Crippen LogP contribution is -2.11. The fourth-order valence-corrected chi connectivity index (χ4v) is 2.16. The van der Waals surface area contributed by atoms with E-state index in [4.69, 9.17) is 13.6 Å². The molecule has 0 bridgehead atoms. The molecule has 0 saturated carbocycles. The Kier molecular flexibility index (Phi) is 3.43. The zero-order valence-corrected chi connectivity index (χ0v) is 11.1. The average molecular weight is 273 g/mol. The summed E-state index contributed by atoms with van der Waals surface area (Å²) in [5, 5.41) is 4.80. The maximum atomic E-state index is 11.4. The molecule has 0 saturated heterocycles. The van der Waals surface area contributed by atoms with Crippen LogP contribution in [0.15, 0.2) is 44.2 Å². The number of hydrogen-bond donors (Lipinski definition) is 1. The molecule has 20 heavy (non-hydrogen) atoms. The van der Waals surface area contributed by atoms with Crippen LogP contribution in [0.5, 0.6) is 5.75 Å². The van der Waals surface area contributed by atoms with Crippen LogP contribution in [0, 0.1) is 0 Å². The summed E-state index contributed by atoms with van der Waals surface area (Å²) in [5.74, 6) is 0.497. The number of furan rings is 1. The molecule has 1 aromatic carbocycles. The van der Waals surface area contributed by atoms with Gasteiger partial charge in [-0.25, -0.2) is 4.79 Å². The Balaban J connectivity index is 2.09. The molecular weight excluding hydrogens is 258 g/mol. The summed E-state index contributed by atoms with van der Waals surface area (Å²) in [6.45, 7) is 1.38. The molecule has 3 aromatic rings. The molecule has 0 aliphatic heterocycles. The lowest BCUT2D eigenvalue weighted by molar-refractivity contribution is 0.307. The number of nitrogens with one attached hydrogen (secondary N) is 1. The van der Waals surface area contributed by atoms with E-state index in [2.05, 4.69) is 5.32 Å². The van der Waals surface area contributed by atoms with E-state index in [0.717, 1.165) is 23.7 Å². The Morgan fingerprint density at radius 2 is 2.05 bits per heavy atom. The predicted molar refractivity (Wildman–Crippen MR) is 76.3 cm³/mol. The molecule has 0 atom stereocenters. The fourth-order valence-electron chi connectivity index (χ4n) is 2.16. The average Bonchev–Trinajstić information content (AvgIpc) is 2.91. The zero-order chi connectivity index (χ0) is 13.9. The van der Waals surface area contributed by atoms with Crippen LogP contribution in [0.2, 0.25) is 0 Å². The van der Waals surface area contributed by atoms with Gasteiger partial charge in [0.2, 0.25) is 5.75 Å². The highest BCUT2D eigenvalue weighted by atomic mass is 16.5. The van der Waals surface area contributed by atoms with Gasteiger partial charge in [-0.05, 0) is 38.2 Å². The summed E-state index contributed by atoms with van der Waals surface area (Å²) >= 11 is 0. The number of benzene rings is 1. The Hall–Kier alpha value is -2.27. The number of rotatable bonds is 5. The molecule has 0 unspecified atom stereocenters. The van der Waals surface area contributed by atoms with Crippen molar-refractivity contribution in [2.45, 2.75) is 6.42 Å². The summed E-state index contributed by atoms with van der Waals surface area (Å²) in [7, 11) is 1.89. The second kappa shape index (κ2) is 5.38. The summed E-state index contributed by atoms with van der Waals surface area (Å²) in [6, 6.07) is 6.91. The second-order valence-corrected chi connectivity index (χ2v) is 4.52. The summed E-state index contributed by atoms with van der Waals surface area (Å²) in [5.41, 5.74) is 0.643. The van der Waals surface area contributed by atoms with E-state index in [1.54, 1.807) is 12.3 Å². The molecule has 5 heteroatoms. The first-order valence-corrected chi connectivity index (χ1v) is 6.51. The van der Waals surface area contributed by atoms with E-state index in [1.165, 1.54) is 6.07 Å². The first kappa shape index (κ1) is 12.7. The molecule has 0 radical (unpaired) electrons. The van der Waals surface area contributed by atoms with E-state index < -0.39 is 5.63 Å². The lowest BCUT2D eigenvalue weighted by Gasteiger charge is -2.08. The van der Waals surface area contributed by atoms with Crippen LogP contribution in [-0.2, 0) is 0 Å². The van der Waals surface area contributed by atoms with Crippen molar-refractivity contribution >= 4 is 21.9 Å². The van der Waals surface area contributed by atoms with Gasteiger partial charge < -0.3 is 18.9 Å². The van der Waals surface area contributed by atoms with Crippen molar-refractivity contribution in [3.63, 3.8) is 0 Å². The third kappa shape index (κ3) is 2.28. The largest absolute Gasteiger partial charge is 0.486 e. The van der Waals surface area contributed by atoms with Crippen LogP contribution in [0.3, 0.4) is 0 Å². The maximum absolute atomic E-state index is 11.4. The molecule has 5 nitrogen and oxygen atoms in total. The van der Waals surface area contributed by atoms with Crippen LogP contribution in [0.25, 0.3) is 21.9 Å². The minimum atomic E-state index is -0.400. The smallest absolute Gasteiger partial charge is 0.336 e. The van der Waals surface area contributed by atoms with Crippen LogP contribution in [-0.4, -0.2) is 20.2 Å². The normalized spacial score (nSPS) is 11.2. The Morgan fingerprint density at radius 3 is 2.90 bits per heavy atom. The number of fused-ring (bicyclic) bond motifs is 2. The Bertz CT molecular complexity index is 787. The van der Waals surface area contributed by atoms with Gasteiger partial charge in [-0.1, -0.05) is 0 Å². The molecule has 0 aliphatic rings. The van der Waals surface area contributed by atoms with Crippen molar-refractivity contribution in [2.24, 2.45) is 0 Å². The van der Waals surface area contributed by atoms with E-state index >= 15 is 0 Å². The van der Waals surface area contributed by atoms with Gasteiger partial charge in [0, 0.05) is 16.8 Å². The van der Waals surface area contributed by atoms with Crippen molar-refractivity contribution in [2.75, 3.05) is 20.2 Å². The first-order chi connectivity index (χ1) is 9.79. The molecular formula is C15H15NO4. The highest BCUT2D eigenvalue weighted by Crippen LogP contribution is 2.34. The van der Waals surface area contributed by atoms with Crippen molar-refractivity contribution in [1.29, 1.82) is 0 Å². The highest BCUT2D eigenvalue weighted by molar-refractivity contribution is 5.99. The number of hydrogen-bond acceptors (Lipinski definition) is 5. The molecule has 3 rings (SSSR count). The molecule has 0 amide bonds. The van der Waals surface area contributed by atoms with Gasteiger partial charge in [-0.3, -0.25) is 0 Å². The van der Waals surface area contributed by atoms with Crippen molar-refractivity contribution in [3.05, 3.63) is 40.9 Å². The van der Waals surface area contributed by atoms with Crippen molar-refractivity contribution in [1.82, 2.24) is 5.32 Å². The minimum absolute atomic E-state index is 0.400. The van der Waals surface area contributed by atoms with Crippen LogP contribution in [0.1, 0.15) is 6.42 Å². The minimum Gasteiger partial charge on any atom is -0.486 e. The molecule has 2 aromatic heterocycles. The number of ether oxygens (including phenoxy) is 1. The SMILES string of the molecule is CNCCCOc1c2occc2cc2ccc(=O)oc12. The van der Waals surface area contributed by atoms with Gasteiger partial charge in [-0.2, -0.15) is 0 Å². The lowest BCUT2D eigenvalue weighted by atomic mass is 10.1. The van der Waals surface area contributed by atoms with Gasteiger partial charge in [0.05, 0.1) is 12.9 Å². The highest BCUT2D eigenvalue weighted by Gasteiger charge is 2.14. The molecule has 2 heterocycles. The van der Waals surface area contributed by atoms with E-state index in [0.29, 0.717) is 23.5 Å². The Labute approximate surface area is 115 Å². The first-order valence-electron chi connectivity index (χ1n) is 6.51. The predicted octanol–water partition coefficient (Wildman–Crippen LogP) is 2.53. The van der Waals surface area contributed by atoms with Gasteiger partial charge in [0.15, 0.2) is 11.2 Å². The maximum Gasteiger partial charge on any atom is 0.336 e. The van der Waals surface area contributed by atoms with Crippen LogP contribution >= 0.6 is 0 Å².